The third kappa shape index (κ3) is 3.09. The first kappa shape index (κ1) is 16.0. The highest BCUT2D eigenvalue weighted by molar-refractivity contribution is 6.31. The molecule has 0 radical (unpaired) electrons. The van der Waals surface area contributed by atoms with Crippen LogP contribution in [-0.4, -0.2) is 28.2 Å². The third-order valence-electron chi connectivity index (χ3n) is 3.56. The number of benzene rings is 2. The van der Waals surface area contributed by atoms with Crippen LogP contribution in [-0.2, 0) is 16.0 Å². The Bertz CT molecular complexity index is 998. The van der Waals surface area contributed by atoms with Gasteiger partial charge in [0.15, 0.2) is 0 Å². The molecule has 0 saturated heterocycles. The number of phenols is 1. The molecule has 2 N–H and O–H groups in total. The Morgan fingerprint density at radius 1 is 1.29 bits per heavy atom. The molecule has 0 aliphatic rings. The molecule has 0 amide bonds. The van der Waals surface area contributed by atoms with Crippen molar-refractivity contribution in [3.8, 4) is 17.1 Å². The summed E-state index contributed by atoms with van der Waals surface area (Å²) in [6.07, 6.45) is 0.0528. The van der Waals surface area contributed by atoms with Crippen LogP contribution in [0.2, 0.25) is 5.02 Å². The van der Waals surface area contributed by atoms with Gasteiger partial charge < -0.3 is 14.8 Å². The number of phenolic OH excluding ortho intramolecular Hbond substituents is 1. The van der Waals surface area contributed by atoms with Crippen LogP contribution in [0.1, 0.15) is 5.56 Å². The monoisotopic (exact) mass is 344 g/mol. The number of aromatic amines is 1. The van der Waals surface area contributed by atoms with Crippen molar-refractivity contribution in [3.05, 3.63) is 57.3 Å². The van der Waals surface area contributed by atoms with Crippen LogP contribution < -0.4 is 5.56 Å². The quantitative estimate of drug-likeness (QED) is 0.713. The Kier molecular flexibility index (Phi) is 4.22. The molecule has 6 nitrogen and oxygen atoms in total. The molecule has 0 atom stereocenters. The molecule has 0 unspecified atom stereocenters. The van der Waals surface area contributed by atoms with Crippen LogP contribution in [0.15, 0.2) is 41.2 Å². The van der Waals surface area contributed by atoms with Crippen molar-refractivity contribution in [1.82, 2.24) is 9.97 Å². The van der Waals surface area contributed by atoms with E-state index in [1.165, 1.54) is 19.2 Å². The highest BCUT2D eigenvalue weighted by atomic mass is 35.5. The highest BCUT2D eigenvalue weighted by Gasteiger charge is 2.12. The fourth-order valence-electron chi connectivity index (χ4n) is 2.36. The normalized spacial score (nSPS) is 10.8. The molecule has 0 aliphatic heterocycles. The van der Waals surface area contributed by atoms with Crippen molar-refractivity contribution in [1.29, 1.82) is 0 Å². The van der Waals surface area contributed by atoms with E-state index in [-0.39, 0.29) is 23.6 Å². The van der Waals surface area contributed by atoms with Crippen molar-refractivity contribution < 1.29 is 14.6 Å². The van der Waals surface area contributed by atoms with E-state index < -0.39 is 5.97 Å². The number of carbonyl (C=O) groups is 1. The van der Waals surface area contributed by atoms with E-state index in [0.29, 0.717) is 27.1 Å². The zero-order valence-electron chi connectivity index (χ0n) is 12.7. The molecule has 1 heterocycles. The molecule has 0 bridgehead atoms. The van der Waals surface area contributed by atoms with Crippen LogP contribution in [0.25, 0.3) is 22.3 Å². The maximum Gasteiger partial charge on any atom is 0.309 e. The number of halogens is 1. The summed E-state index contributed by atoms with van der Waals surface area (Å²) in [6.45, 7) is 0. The Morgan fingerprint density at radius 2 is 2.08 bits per heavy atom. The molecular weight excluding hydrogens is 332 g/mol. The number of aromatic hydroxyl groups is 1. The Labute approximate surface area is 141 Å². The van der Waals surface area contributed by atoms with Gasteiger partial charge in [-0.2, -0.15) is 0 Å². The zero-order valence-corrected chi connectivity index (χ0v) is 13.4. The summed E-state index contributed by atoms with van der Waals surface area (Å²) in [5.41, 5.74) is 1.05. The van der Waals surface area contributed by atoms with Crippen molar-refractivity contribution in [3.63, 3.8) is 0 Å². The molecule has 24 heavy (non-hydrogen) atoms. The van der Waals surface area contributed by atoms with Gasteiger partial charge in [0.05, 0.1) is 30.0 Å². The predicted molar refractivity (Wildman–Crippen MR) is 90.2 cm³/mol. The first-order chi connectivity index (χ1) is 11.5. The van der Waals surface area contributed by atoms with Crippen LogP contribution in [0.3, 0.4) is 0 Å². The van der Waals surface area contributed by atoms with Gasteiger partial charge in [-0.05, 0) is 35.9 Å². The summed E-state index contributed by atoms with van der Waals surface area (Å²) in [4.78, 5) is 30.6. The lowest BCUT2D eigenvalue weighted by atomic mass is 10.1. The van der Waals surface area contributed by atoms with Crippen molar-refractivity contribution in [2.75, 3.05) is 7.11 Å². The number of carbonyl (C=O) groups excluding carboxylic acids is 1. The number of methoxy groups -OCH3 is 1. The van der Waals surface area contributed by atoms with Gasteiger partial charge in [0.25, 0.3) is 5.56 Å². The summed E-state index contributed by atoms with van der Waals surface area (Å²) in [7, 11) is 1.30. The fraction of sp³-hybridized carbons (Fsp3) is 0.118. The van der Waals surface area contributed by atoms with E-state index in [2.05, 4.69) is 14.7 Å². The number of hydrogen-bond donors (Lipinski definition) is 2. The standard InChI is InChI=1S/C17H13ClN2O4/c1-24-15(22)7-9-2-5-14(21)12(6-9)16-19-13-4-3-10(18)8-11(13)17(23)20-16/h2-6,8,21H,7H2,1H3,(H,19,20,23). The molecular formula is C17H13ClN2O4. The molecule has 7 heteroatoms. The fourth-order valence-corrected chi connectivity index (χ4v) is 2.53. The maximum absolute atomic E-state index is 12.2. The van der Waals surface area contributed by atoms with Crippen LogP contribution in [0.5, 0.6) is 5.75 Å². The SMILES string of the molecule is COC(=O)Cc1ccc(O)c(-c2nc3ccc(Cl)cc3c(=O)[nH]2)c1. The largest absolute Gasteiger partial charge is 0.507 e. The van der Waals surface area contributed by atoms with Gasteiger partial charge in [-0.3, -0.25) is 9.59 Å². The lowest BCUT2D eigenvalue weighted by molar-refractivity contribution is -0.139. The number of nitrogens with zero attached hydrogens (tertiary/aromatic N) is 1. The second-order valence-corrected chi connectivity index (χ2v) is 5.62. The van der Waals surface area contributed by atoms with Gasteiger partial charge in [-0.15, -0.1) is 0 Å². The molecule has 0 spiro atoms. The average Bonchev–Trinajstić information content (AvgIpc) is 2.57. The summed E-state index contributed by atoms with van der Waals surface area (Å²) in [5, 5.41) is 10.9. The predicted octanol–water partition coefficient (Wildman–Crippen LogP) is 2.66. The molecule has 3 aromatic rings. The Balaban J connectivity index is 2.13. The van der Waals surface area contributed by atoms with Gasteiger partial charge in [-0.1, -0.05) is 17.7 Å². The smallest absolute Gasteiger partial charge is 0.309 e. The molecule has 1 aromatic heterocycles. The Morgan fingerprint density at radius 3 is 2.83 bits per heavy atom. The van der Waals surface area contributed by atoms with Gasteiger partial charge >= 0.3 is 5.97 Å². The maximum atomic E-state index is 12.2. The number of nitrogens with one attached hydrogen (secondary N) is 1. The van der Waals surface area contributed by atoms with Crippen molar-refractivity contribution in [2.45, 2.75) is 6.42 Å². The zero-order chi connectivity index (χ0) is 17.3. The lowest BCUT2D eigenvalue weighted by Crippen LogP contribution is -2.10. The highest BCUT2D eigenvalue weighted by Crippen LogP contribution is 2.28. The first-order valence-electron chi connectivity index (χ1n) is 7.06. The van der Waals surface area contributed by atoms with Gasteiger partial charge in [0.1, 0.15) is 11.6 Å². The van der Waals surface area contributed by atoms with E-state index in [9.17, 15) is 14.7 Å². The molecule has 0 saturated carbocycles. The second-order valence-electron chi connectivity index (χ2n) is 5.18. The summed E-state index contributed by atoms with van der Waals surface area (Å²) >= 11 is 5.89. The summed E-state index contributed by atoms with van der Waals surface area (Å²) in [5.74, 6) is -0.250. The van der Waals surface area contributed by atoms with E-state index in [4.69, 9.17) is 11.6 Å². The number of fused-ring (bicyclic) bond motifs is 1. The average molecular weight is 345 g/mol. The first-order valence-corrected chi connectivity index (χ1v) is 7.44. The second kappa shape index (κ2) is 6.33. The van der Waals surface area contributed by atoms with E-state index in [0.717, 1.165) is 0 Å². The van der Waals surface area contributed by atoms with Crippen LogP contribution in [0.4, 0.5) is 0 Å². The topological polar surface area (TPSA) is 92.3 Å². The number of hydrogen-bond acceptors (Lipinski definition) is 5. The number of aromatic nitrogens is 2. The van der Waals surface area contributed by atoms with Gasteiger partial charge in [0.2, 0.25) is 0 Å². The summed E-state index contributed by atoms with van der Waals surface area (Å²) < 4.78 is 4.63. The number of H-pyrrole nitrogens is 1. The minimum Gasteiger partial charge on any atom is -0.507 e. The molecule has 0 aliphatic carbocycles. The molecule has 122 valence electrons. The van der Waals surface area contributed by atoms with Crippen LogP contribution >= 0.6 is 11.6 Å². The number of rotatable bonds is 3. The molecule has 2 aromatic carbocycles. The van der Waals surface area contributed by atoms with Gasteiger partial charge in [0, 0.05) is 5.02 Å². The van der Waals surface area contributed by atoms with E-state index in [1.807, 2.05) is 0 Å². The van der Waals surface area contributed by atoms with Crippen molar-refractivity contribution >= 4 is 28.5 Å². The number of ether oxygens (including phenoxy) is 1. The molecule has 3 rings (SSSR count). The van der Waals surface area contributed by atoms with Gasteiger partial charge in [-0.25, -0.2) is 4.98 Å². The van der Waals surface area contributed by atoms with E-state index in [1.54, 1.807) is 24.3 Å². The number of esters is 1. The van der Waals surface area contributed by atoms with E-state index >= 15 is 0 Å². The van der Waals surface area contributed by atoms with Crippen LogP contribution in [0, 0.1) is 0 Å². The third-order valence-corrected chi connectivity index (χ3v) is 3.79. The summed E-state index contributed by atoms with van der Waals surface area (Å²) in [6, 6.07) is 9.43. The minimum absolute atomic E-state index is 0.0528. The molecule has 0 fully saturated rings. The van der Waals surface area contributed by atoms with Crippen molar-refractivity contribution in [2.24, 2.45) is 0 Å². The minimum atomic E-state index is -0.402. The lowest BCUT2D eigenvalue weighted by Gasteiger charge is -2.08. The Hall–Kier alpha value is -2.86.